The van der Waals surface area contributed by atoms with Crippen LogP contribution < -0.4 is 0 Å². The van der Waals surface area contributed by atoms with Crippen LogP contribution in [0.2, 0.25) is 0 Å². The summed E-state index contributed by atoms with van der Waals surface area (Å²) in [5.41, 5.74) is 20.7. The van der Waals surface area contributed by atoms with Crippen LogP contribution in [-0.2, 0) is 12.8 Å². The Labute approximate surface area is 204 Å². The van der Waals surface area contributed by atoms with Crippen molar-refractivity contribution in [3.63, 3.8) is 0 Å². The van der Waals surface area contributed by atoms with Gasteiger partial charge in [-0.15, -0.1) is 0 Å². The van der Waals surface area contributed by atoms with Gasteiger partial charge in [-0.1, -0.05) is 72.8 Å². The van der Waals surface area contributed by atoms with E-state index in [1.807, 2.05) is 0 Å². The molecule has 6 rings (SSSR count). The Balaban J connectivity index is 1.51. The average molecular weight is 441 g/mol. The van der Waals surface area contributed by atoms with Gasteiger partial charge < -0.3 is 0 Å². The topological polar surface area (TPSA) is 0 Å². The minimum Gasteiger partial charge on any atom is -0.0622 e. The number of allylic oxidation sites excluding steroid dienone is 2. The number of aryl methyl sites for hydroxylation is 2. The molecule has 0 aromatic heterocycles. The highest BCUT2D eigenvalue weighted by atomic mass is 14.3. The van der Waals surface area contributed by atoms with Crippen molar-refractivity contribution in [3.8, 4) is 22.3 Å². The van der Waals surface area contributed by atoms with Crippen LogP contribution in [0.25, 0.3) is 33.4 Å². The van der Waals surface area contributed by atoms with Crippen LogP contribution >= 0.6 is 0 Å². The maximum Gasteiger partial charge on any atom is -0.0149 e. The van der Waals surface area contributed by atoms with E-state index in [0.717, 1.165) is 12.8 Å². The normalized spacial score (nSPS) is 16.6. The molecule has 0 amide bonds. The van der Waals surface area contributed by atoms with Gasteiger partial charge in [-0.05, 0) is 131 Å². The van der Waals surface area contributed by atoms with Gasteiger partial charge in [-0.3, -0.25) is 0 Å². The molecule has 0 heteroatoms. The quantitative estimate of drug-likeness (QED) is 0.292. The minimum atomic E-state index is 1.16. The monoisotopic (exact) mass is 440 g/mol. The largest absolute Gasteiger partial charge is 0.0622 e. The van der Waals surface area contributed by atoms with Crippen molar-refractivity contribution in [3.05, 3.63) is 117 Å². The molecule has 0 radical (unpaired) electrons. The van der Waals surface area contributed by atoms with Crippen LogP contribution in [0.5, 0.6) is 0 Å². The highest BCUT2D eigenvalue weighted by molar-refractivity contribution is 5.99. The molecular formula is C34H32. The van der Waals surface area contributed by atoms with Gasteiger partial charge in [0.25, 0.3) is 0 Å². The summed E-state index contributed by atoms with van der Waals surface area (Å²) in [6.07, 6.45) is 4.67. The fourth-order valence-electron chi connectivity index (χ4n) is 6.62. The van der Waals surface area contributed by atoms with E-state index in [9.17, 15) is 0 Å². The molecule has 34 heavy (non-hydrogen) atoms. The molecule has 0 saturated heterocycles. The van der Waals surface area contributed by atoms with E-state index in [2.05, 4.69) is 100 Å². The molecule has 0 aliphatic heterocycles. The Morgan fingerprint density at radius 3 is 1.24 bits per heavy atom. The summed E-state index contributed by atoms with van der Waals surface area (Å²) in [5.74, 6) is 0. The number of benzene rings is 4. The molecule has 0 nitrogen and oxygen atoms in total. The van der Waals surface area contributed by atoms with E-state index in [0.29, 0.717) is 0 Å². The molecule has 0 heterocycles. The lowest BCUT2D eigenvalue weighted by Crippen LogP contribution is -1.98. The van der Waals surface area contributed by atoms with Gasteiger partial charge in [0.1, 0.15) is 0 Å². The number of fused-ring (bicyclic) bond motifs is 2. The number of hydrogen-bond donors (Lipinski definition) is 0. The van der Waals surface area contributed by atoms with E-state index in [-0.39, 0.29) is 0 Å². The predicted molar refractivity (Wildman–Crippen MR) is 146 cm³/mol. The van der Waals surface area contributed by atoms with Crippen molar-refractivity contribution in [1.82, 2.24) is 0 Å². The van der Waals surface area contributed by atoms with E-state index in [1.165, 1.54) is 57.3 Å². The summed E-state index contributed by atoms with van der Waals surface area (Å²) in [7, 11) is 0. The Hall–Kier alpha value is -3.38. The highest BCUT2D eigenvalue weighted by Crippen LogP contribution is 2.49. The van der Waals surface area contributed by atoms with Crippen molar-refractivity contribution in [1.29, 1.82) is 0 Å². The summed E-state index contributed by atoms with van der Waals surface area (Å²) in [6, 6.07) is 26.6. The summed E-state index contributed by atoms with van der Waals surface area (Å²) in [5, 5.41) is 0. The Morgan fingerprint density at radius 2 is 0.853 bits per heavy atom. The average Bonchev–Trinajstić information content (AvgIpc) is 3.50. The lowest BCUT2D eigenvalue weighted by Gasteiger charge is -2.18. The van der Waals surface area contributed by atoms with Crippen molar-refractivity contribution < 1.29 is 0 Å². The first kappa shape index (κ1) is 21.2. The Morgan fingerprint density at radius 1 is 0.471 bits per heavy atom. The minimum absolute atomic E-state index is 1.16. The van der Waals surface area contributed by atoms with Crippen LogP contribution in [0, 0.1) is 27.7 Å². The van der Waals surface area contributed by atoms with Crippen LogP contribution in [0.1, 0.15) is 57.3 Å². The third kappa shape index (κ3) is 3.20. The maximum atomic E-state index is 2.43. The van der Waals surface area contributed by atoms with E-state index in [4.69, 9.17) is 0 Å². The van der Waals surface area contributed by atoms with Crippen molar-refractivity contribution in [2.45, 2.75) is 53.4 Å². The molecule has 0 unspecified atom stereocenters. The smallest absolute Gasteiger partial charge is 0.0149 e. The summed E-state index contributed by atoms with van der Waals surface area (Å²) >= 11 is 0. The second kappa shape index (κ2) is 8.13. The Kier molecular flexibility index (Phi) is 5.06. The van der Waals surface area contributed by atoms with Gasteiger partial charge in [-0.2, -0.15) is 0 Å². The van der Waals surface area contributed by atoms with Gasteiger partial charge in [-0.25, -0.2) is 0 Å². The highest BCUT2D eigenvalue weighted by Gasteiger charge is 2.30. The molecule has 0 spiro atoms. The van der Waals surface area contributed by atoms with E-state index < -0.39 is 0 Å². The van der Waals surface area contributed by atoms with Gasteiger partial charge in [0.15, 0.2) is 0 Å². The van der Waals surface area contributed by atoms with Crippen LogP contribution in [0.3, 0.4) is 0 Å². The van der Waals surface area contributed by atoms with Crippen LogP contribution in [0.4, 0.5) is 0 Å². The molecule has 4 aromatic carbocycles. The molecule has 2 aliphatic carbocycles. The summed E-state index contributed by atoms with van der Waals surface area (Å²) < 4.78 is 0. The second-order valence-electron chi connectivity index (χ2n) is 10.1. The maximum absolute atomic E-state index is 2.43. The molecule has 0 atom stereocenters. The van der Waals surface area contributed by atoms with Gasteiger partial charge in [0.05, 0.1) is 0 Å². The zero-order chi connectivity index (χ0) is 23.4. The van der Waals surface area contributed by atoms with Gasteiger partial charge in [0.2, 0.25) is 0 Å². The molecule has 2 aliphatic rings. The molecule has 0 saturated carbocycles. The SMILES string of the molecule is Cc1cc(-c2ccccc2)c(C)c2c1/C(=C1\CCc3c(C)c(-c4ccccc4)cc(C)c31)CC2. The zero-order valence-corrected chi connectivity index (χ0v) is 20.8. The fourth-order valence-corrected chi connectivity index (χ4v) is 6.62. The first-order valence-corrected chi connectivity index (χ1v) is 12.6. The molecule has 0 bridgehead atoms. The number of rotatable bonds is 2. The van der Waals surface area contributed by atoms with E-state index >= 15 is 0 Å². The van der Waals surface area contributed by atoms with Gasteiger partial charge in [0, 0.05) is 0 Å². The summed E-state index contributed by atoms with van der Waals surface area (Å²) in [4.78, 5) is 0. The third-order valence-electron chi connectivity index (χ3n) is 8.21. The Bertz CT molecular complexity index is 1340. The van der Waals surface area contributed by atoms with E-state index in [1.54, 1.807) is 33.4 Å². The van der Waals surface area contributed by atoms with Crippen molar-refractivity contribution in [2.24, 2.45) is 0 Å². The molecule has 168 valence electrons. The third-order valence-corrected chi connectivity index (χ3v) is 8.21. The molecule has 4 aromatic rings. The molecule has 0 fully saturated rings. The van der Waals surface area contributed by atoms with Crippen LogP contribution in [-0.4, -0.2) is 0 Å². The lowest BCUT2D eigenvalue weighted by atomic mass is 9.86. The molecular weight excluding hydrogens is 408 g/mol. The standard InChI is InChI=1S/C34H32/c1-21-19-31(25-11-7-5-8-12-25)23(3)27-15-17-29(33(21)27)30-18-16-28-24(4)32(20-22(2)34(28)30)26-13-9-6-10-14-26/h5-14,19-20H,15-18H2,1-4H3/b30-29+. The zero-order valence-electron chi connectivity index (χ0n) is 20.8. The predicted octanol–water partition coefficient (Wildman–Crippen LogP) is 9.06. The van der Waals surface area contributed by atoms with Crippen molar-refractivity contribution in [2.75, 3.05) is 0 Å². The number of hydrogen-bond acceptors (Lipinski definition) is 0. The van der Waals surface area contributed by atoms with Gasteiger partial charge >= 0.3 is 0 Å². The first-order chi connectivity index (χ1) is 16.5. The molecule has 0 N–H and O–H groups in total. The fraction of sp³-hybridized carbons (Fsp3) is 0.235. The van der Waals surface area contributed by atoms with Crippen LogP contribution in [0.15, 0.2) is 72.8 Å². The lowest BCUT2D eigenvalue weighted by molar-refractivity contribution is 1.05. The second-order valence-corrected chi connectivity index (χ2v) is 10.1. The first-order valence-electron chi connectivity index (χ1n) is 12.6. The summed E-state index contributed by atoms with van der Waals surface area (Å²) in [6.45, 7) is 9.31. The van der Waals surface area contributed by atoms with Crippen molar-refractivity contribution >= 4 is 11.1 Å².